The minimum absolute atomic E-state index is 0.245. The minimum atomic E-state index is 0.245. The Morgan fingerprint density at radius 3 is 2.62 bits per heavy atom. The number of hydrogen-bond donors (Lipinski definition) is 2. The summed E-state index contributed by atoms with van der Waals surface area (Å²) in [5.74, 6) is 2.10. The van der Waals surface area contributed by atoms with Crippen LogP contribution in [0.2, 0.25) is 0 Å². The van der Waals surface area contributed by atoms with Crippen LogP contribution in [0.3, 0.4) is 0 Å². The van der Waals surface area contributed by atoms with E-state index in [1.807, 2.05) is 48.5 Å². The molecular weight excluding hydrogens is 368 g/mol. The molecule has 0 aliphatic rings. The largest absolute Gasteiger partial charge is 0.497 e. The maximum Gasteiger partial charge on any atom is 0.218 e. The second-order valence-electron chi connectivity index (χ2n) is 6.13. The zero-order chi connectivity index (χ0) is 20.5. The van der Waals surface area contributed by atoms with Crippen molar-refractivity contribution in [3.63, 3.8) is 0 Å². The molecule has 1 heterocycles. The summed E-state index contributed by atoms with van der Waals surface area (Å²) in [7, 11) is 3.19. The van der Waals surface area contributed by atoms with Crippen LogP contribution in [0.4, 0.5) is 5.69 Å². The Bertz CT molecular complexity index is 961. The number of ether oxygens (including phenoxy) is 3. The number of rotatable bonds is 8. The number of nitrogens with zero attached hydrogens (tertiary/aromatic N) is 2. The summed E-state index contributed by atoms with van der Waals surface area (Å²) in [6.07, 6.45) is 1.69. The van der Waals surface area contributed by atoms with Crippen LogP contribution in [-0.2, 0) is 13.2 Å². The summed E-state index contributed by atoms with van der Waals surface area (Å²) in [5.41, 5.74) is 8.64. The van der Waals surface area contributed by atoms with Crippen molar-refractivity contribution >= 4 is 11.6 Å². The maximum atomic E-state index is 6.07. The van der Waals surface area contributed by atoms with Gasteiger partial charge in [-0.2, -0.15) is 0 Å². The van der Waals surface area contributed by atoms with E-state index in [0.717, 1.165) is 11.1 Å². The Labute approximate surface area is 170 Å². The lowest BCUT2D eigenvalue weighted by molar-refractivity contribution is 0.290. The fourth-order valence-electron chi connectivity index (χ4n) is 2.66. The van der Waals surface area contributed by atoms with Crippen LogP contribution in [0.5, 0.6) is 17.4 Å². The van der Waals surface area contributed by atoms with Crippen molar-refractivity contribution in [1.29, 1.82) is 0 Å². The molecule has 0 aliphatic carbocycles. The Morgan fingerprint density at radius 1 is 1.03 bits per heavy atom. The molecule has 2 aromatic carbocycles. The van der Waals surface area contributed by atoms with Crippen LogP contribution in [0.1, 0.15) is 11.1 Å². The molecular formula is C22H24N4O3. The quantitative estimate of drug-likeness (QED) is 0.450. The van der Waals surface area contributed by atoms with E-state index in [1.165, 1.54) is 0 Å². The van der Waals surface area contributed by atoms with Crippen LogP contribution in [0.25, 0.3) is 0 Å². The van der Waals surface area contributed by atoms with Gasteiger partial charge in [0.1, 0.15) is 18.1 Å². The van der Waals surface area contributed by atoms with Gasteiger partial charge in [-0.1, -0.05) is 36.4 Å². The second-order valence-corrected chi connectivity index (χ2v) is 6.13. The number of hydrogen-bond acceptors (Lipinski definition) is 5. The molecule has 0 fully saturated rings. The van der Waals surface area contributed by atoms with Gasteiger partial charge < -0.3 is 25.3 Å². The number of nitrogens with one attached hydrogen (secondary N) is 1. The van der Waals surface area contributed by atoms with Crippen molar-refractivity contribution < 1.29 is 14.2 Å². The second kappa shape index (κ2) is 9.98. The molecule has 7 nitrogen and oxygen atoms in total. The van der Waals surface area contributed by atoms with Crippen molar-refractivity contribution in [1.82, 2.24) is 4.98 Å². The molecule has 0 saturated carbocycles. The monoisotopic (exact) mass is 392 g/mol. The van der Waals surface area contributed by atoms with E-state index >= 15 is 0 Å². The van der Waals surface area contributed by atoms with Gasteiger partial charge in [-0.05, 0) is 23.8 Å². The van der Waals surface area contributed by atoms with E-state index in [0.29, 0.717) is 36.2 Å². The van der Waals surface area contributed by atoms with Gasteiger partial charge in [-0.25, -0.2) is 9.98 Å². The molecule has 7 heteroatoms. The standard InChI is InChI=1S/C22H24N4O3/c1-27-18-10-11-20(28-2)19(13-18)26-22(23)25-14-17-9-6-12-24-21(17)29-15-16-7-4-3-5-8-16/h3-13H,14-15H2,1-2H3,(H3,23,25,26). The van der Waals surface area contributed by atoms with Crippen molar-refractivity contribution in [3.8, 4) is 17.4 Å². The Hall–Kier alpha value is -3.74. The summed E-state index contributed by atoms with van der Waals surface area (Å²) >= 11 is 0. The molecule has 0 atom stereocenters. The maximum absolute atomic E-state index is 6.07. The third kappa shape index (κ3) is 5.62. The van der Waals surface area contributed by atoms with Gasteiger partial charge in [-0.3, -0.25) is 0 Å². The molecule has 0 unspecified atom stereocenters. The summed E-state index contributed by atoms with van der Waals surface area (Å²) in [5, 5.41) is 3.05. The van der Waals surface area contributed by atoms with E-state index in [-0.39, 0.29) is 5.96 Å². The number of aromatic nitrogens is 1. The average Bonchev–Trinajstić information content (AvgIpc) is 2.77. The van der Waals surface area contributed by atoms with Gasteiger partial charge in [0.15, 0.2) is 5.96 Å². The van der Waals surface area contributed by atoms with Crippen LogP contribution in [-0.4, -0.2) is 25.2 Å². The first-order valence-electron chi connectivity index (χ1n) is 9.09. The van der Waals surface area contributed by atoms with E-state index in [1.54, 1.807) is 32.5 Å². The van der Waals surface area contributed by atoms with Crippen LogP contribution < -0.4 is 25.3 Å². The fourth-order valence-corrected chi connectivity index (χ4v) is 2.66. The zero-order valence-electron chi connectivity index (χ0n) is 16.5. The molecule has 0 aliphatic heterocycles. The lowest BCUT2D eigenvalue weighted by Crippen LogP contribution is -2.23. The number of anilines is 1. The average molecular weight is 392 g/mol. The van der Waals surface area contributed by atoms with E-state index < -0.39 is 0 Å². The van der Waals surface area contributed by atoms with Gasteiger partial charge in [0, 0.05) is 17.8 Å². The summed E-state index contributed by atoms with van der Waals surface area (Å²) < 4.78 is 16.4. The fraction of sp³-hybridized carbons (Fsp3) is 0.182. The van der Waals surface area contributed by atoms with Crippen molar-refractivity contribution in [2.75, 3.05) is 19.5 Å². The van der Waals surface area contributed by atoms with Crippen LogP contribution >= 0.6 is 0 Å². The van der Waals surface area contributed by atoms with E-state index in [9.17, 15) is 0 Å². The van der Waals surface area contributed by atoms with Gasteiger partial charge in [0.05, 0.1) is 26.5 Å². The topological polar surface area (TPSA) is 91.0 Å². The van der Waals surface area contributed by atoms with E-state index in [4.69, 9.17) is 19.9 Å². The molecule has 3 aromatic rings. The number of aliphatic imine (C=N–C) groups is 1. The first kappa shape index (κ1) is 20.0. The molecule has 29 heavy (non-hydrogen) atoms. The predicted molar refractivity (Wildman–Crippen MR) is 114 cm³/mol. The third-order valence-electron chi connectivity index (χ3n) is 4.16. The number of benzene rings is 2. The Balaban J connectivity index is 1.68. The van der Waals surface area contributed by atoms with Gasteiger partial charge >= 0.3 is 0 Å². The predicted octanol–water partition coefficient (Wildman–Crippen LogP) is 3.60. The normalized spacial score (nSPS) is 11.0. The first-order chi connectivity index (χ1) is 14.2. The molecule has 1 aromatic heterocycles. The lowest BCUT2D eigenvalue weighted by atomic mass is 10.2. The smallest absolute Gasteiger partial charge is 0.218 e. The molecule has 0 spiro atoms. The number of guanidine groups is 1. The van der Waals surface area contributed by atoms with Gasteiger partial charge in [0.2, 0.25) is 5.88 Å². The zero-order valence-corrected chi connectivity index (χ0v) is 16.5. The molecule has 0 bridgehead atoms. The number of methoxy groups -OCH3 is 2. The highest BCUT2D eigenvalue weighted by Crippen LogP contribution is 2.28. The van der Waals surface area contributed by atoms with Crippen LogP contribution in [0.15, 0.2) is 71.9 Å². The van der Waals surface area contributed by atoms with E-state index in [2.05, 4.69) is 15.3 Å². The summed E-state index contributed by atoms with van der Waals surface area (Å²) in [6, 6.07) is 19.1. The van der Waals surface area contributed by atoms with Crippen molar-refractivity contribution in [2.24, 2.45) is 10.7 Å². The first-order valence-corrected chi connectivity index (χ1v) is 9.09. The van der Waals surface area contributed by atoms with Gasteiger partial charge in [-0.15, -0.1) is 0 Å². The molecule has 3 N–H and O–H groups in total. The highest BCUT2D eigenvalue weighted by atomic mass is 16.5. The SMILES string of the molecule is COc1ccc(OC)c(NC(N)=NCc2cccnc2OCc2ccccc2)c1. The molecule has 0 amide bonds. The summed E-state index contributed by atoms with van der Waals surface area (Å²) in [6.45, 7) is 0.756. The Morgan fingerprint density at radius 2 is 1.86 bits per heavy atom. The van der Waals surface area contributed by atoms with Crippen molar-refractivity contribution in [2.45, 2.75) is 13.2 Å². The molecule has 0 saturated heterocycles. The van der Waals surface area contributed by atoms with Crippen molar-refractivity contribution in [3.05, 3.63) is 78.0 Å². The summed E-state index contributed by atoms with van der Waals surface area (Å²) in [4.78, 5) is 8.72. The highest BCUT2D eigenvalue weighted by molar-refractivity contribution is 5.94. The molecule has 150 valence electrons. The minimum Gasteiger partial charge on any atom is -0.497 e. The third-order valence-corrected chi connectivity index (χ3v) is 4.16. The molecule has 3 rings (SSSR count). The number of nitrogens with two attached hydrogens (primary N) is 1. The Kier molecular flexibility index (Phi) is 6.89. The lowest BCUT2D eigenvalue weighted by Gasteiger charge is -2.12. The number of pyridine rings is 1. The van der Waals surface area contributed by atoms with Crippen LogP contribution in [0, 0.1) is 0 Å². The highest BCUT2D eigenvalue weighted by Gasteiger charge is 2.08. The molecule has 0 radical (unpaired) electrons. The van der Waals surface area contributed by atoms with Gasteiger partial charge in [0.25, 0.3) is 0 Å².